The summed E-state index contributed by atoms with van der Waals surface area (Å²) >= 11 is 0. The maximum Gasteiger partial charge on any atom is 0.264 e. The third-order valence-electron chi connectivity index (χ3n) is 5.66. The van der Waals surface area contributed by atoms with E-state index in [1.165, 1.54) is 23.6 Å². The van der Waals surface area contributed by atoms with Crippen LogP contribution in [-0.4, -0.2) is 52.7 Å². The second-order valence-corrected chi connectivity index (χ2v) is 9.36. The van der Waals surface area contributed by atoms with E-state index in [0.717, 1.165) is 18.3 Å². The van der Waals surface area contributed by atoms with E-state index in [1.807, 2.05) is 12.1 Å². The van der Waals surface area contributed by atoms with E-state index in [0.29, 0.717) is 24.1 Å². The number of rotatable bonds is 8. The van der Waals surface area contributed by atoms with Crippen LogP contribution in [0.5, 0.6) is 11.5 Å². The number of benzene rings is 2. The van der Waals surface area contributed by atoms with Gasteiger partial charge in [0.1, 0.15) is 18.1 Å². The molecule has 6 nitrogen and oxygen atoms in total. The lowest BCUT2D eigenvalue weighted by molar-refractivity contribution is 0.215. The quantitative estimate of drug-likeness (QED) is 0.635. The van der Waals surface area contributed by atoms with Gasteiger partial charge < -0.3 is 9.47 Å². The third kappa shape index (κ3) is 3.82. The average Bonchev–Trinajstić information content (AvgIpc) is 3.43. The summed E-state index contributed by atoms with van der Waals surface area (Å²) in [5.41, 5.74) is 0.589. The Morgan fingerprint density at radius 3 is 2.25 bits per heavy atom. The van der Waals surface area contributed by atoms with Crippen LogP contribution < -0.4 is 13.8 Å². The van der Waals surface area contributed by atoms with Gasteiger partial charge in [0.15, 0.2) is 0 Å². The minimum absolute atomic E-state index is 0.223. The summed E-state index contributed by atoms with van der Waals surface area (Å²) in [5, 5.41) is 0. The van der Waals surface area contributed by atoms with Crippen molar-refractivity contribution in [2.45, 2.75) is 36.2 Å². The molecule has 2 aromatic carbocycles. The number of hydrogen-bond donors (Lipinski definition) is 0. The molecule has 1 saturated carbocycles. The van der Waals surface area contributed by atoms with E-state index >= 15 is 0 Å². The van der Waals surface area contributed by atoms with E-state index < -0.39 is 10.0 Å². The SMILES string of the molecule is COc1ccc(S(=O)(=O)N(C)c2ccc(OCC3CN3C3CCC3)cc2)cc1. The molecule has 0 spiro atoms. The molecular formula is C21H26N2O4S. The molecule has 150 valence electrons. The van der Waals surface area contributed by atoms with Gasteiger partial charge in [0.25, 0.3) is 10.0 Å². The monoisotopic (exact) mass is 402 g/mol. The molecule has 2 unspecified atom stereocenters. The first kappa shape index (κ1) is 19.1. The second-order valence-electron chi connectivity index (χ2n) is 7.39. The Morgan fingerprint density at radius 2 is 1.68 bits per heavy atom. The normalized spacial score (nSPS) is 21.6. The van der Waals surface area contributed by atoms with Gasteiger partial charge in [-0.2, -0.15) is 0 Å². The van der Waals surface area contributed by atoms with Gasteiger partial charge >= 0.3 is 0 Å². The summed E-state index contributed by atoms with van der Waals surface area (Å²) in [7, 11) is -0.528. The molecule has 0 aromatic heterocycles. The number of sulfonamides is 1. The Morgan fingerprint density at radius 1 is 1.04 bits per heavy atom. The van der Waals surface area contributed by atoms with Crippen molar-refractivity contribution in [1.82, 2.24) is 4.90 Å². The first-order chi connectivity index (χ1) is 13.5. The summed E-state index contributed by atoms with van der Waals surface area (Å²) in [5.74, 6) is 1.38. The lowest BCUT2D eigenvalue weighted by atomic mass is 9.93. The van der Waals surface area contributed by atoms with Crippen LogP contribution in [-0.2, 0) is 10.0 Å². The van der Waals surface area contributed by atoms with Crippen molar-refractivity contribution in [3.8, 4) is 11.5 Å². The molecule has 2 aromatic rings. The van der Waals surface area contributed by atoms with Crippen LogP contribution in [0.1, 0.15) is 19.3 Å². The van der Waals surface area contributed by atoms with Crippen molar-refractivity contribution in [2.24, 2.45) is 0 Å². The summed E-state index contributed by atoms with van der Waals surface area (Å²) < 4.78 is 37.9. The molecule has 2 aliphatic rings. The molecule has 0 N–H and O–H groups in total. The van der Waals surface area contributed by atoms with Crippen LogP contribution in [0.2, 0.25) is 0 Å². The Bertz CT molecular complexity index is 908. The molecule has 1 saturated heterocycles. The molecule has 0 radical (unpaired) electrons. The number of nitrogens with zero attached hydrogens (tertiary/aromatic N) is 2. The highest BCUT2D eigenvalue weighted by Crippen LogP contribution is 2.34. The Balaban J connectivity index is 1.37. The standard InChI is InChI=1S/C21H26N2O4S/c1-22(28(24,25)21-12-10-19(26-2)11-13-21)16-6-8-20(9-7-16)27-15-18-14-23(18)17-4-3-5-17/h6-13,17-18H,3-5,14-15H2,1-2H3. The molecule has 0 amide bonds. The van der Waals surface area contributed by atoms with E-state index in [2.05, 4.69) is 4.90 Å². The molecule has 2 atom stereocenters. The van der Waals surface area contributed by atoms with E-state index in [9.17, 15) is 8.42 Å². The molecule has 4 rings (SSSR count). The van der Waals surface area contributed by atoms with Crippen molar-refractivity contribution in [1.29, 1.82) is 0 Å². The van der Waals surface area contributed by atoms with Gasteiger partial charge in [0.2, 0.25) is 0 Å². The maximum absolute atomic E-state index is 12.8. The zero-order valence-electron chi connectivity index (χ0n) is 16.2. The molecule has 1 aliphatic heterocycles. The molecular weight excluding hydrogens is 376 g/mol. The maximum atomic E-state index is 12.8. The summed E-state index contributed by atoms with van der Waals surface area (Å²) in [6.07, 6.45) is 3.99. The van der Waals surface area contributed by atoms with Gasteiger partial charge in [-0.3, -0.25) is 9.21 Å². The summed E-state index contributed by atoms with van der Waals surface area (Å²) in [4.78, 5) is 2.73. The Hall–Kier alpha value is -2.25. The van der Waals surface area contributed by atoms with Gasteiger partial charge in [-0.1, -0.05) is 6.42 Å². The van der Waals surface area contributed by atoms with Crippen LogP contribution >= 0.6 is 0 Å². The fourth-order valence-electron chi connectivity index (χ4n) is 3.50. The Labute approximate surface area is 166 Å². The predicted molar refractivity (Wildman–Crippen MR) is 109 cm³/mol. The lowest BCUT2D eigenvalue weighted by Gasteiger charge is -2.27. The highest BCUT2D eigenvalue weighted by Gasteiger charge is 2.42. The van der Waals surface area contributed by atoms with E-state index in [-0.39, 0.29) is 4.90 Å². The highest BCUT2D eigenvalue weighted by molar-refractivity contribution is 7.92. The summed E-state index contributed by atoms with van der Waals surface area (Å²) in [6, 6.07) is 14.9. The fourth-order valence-corrected chi connectivity index (χ4v) is 4.70. The topological polar surface area (TPSA) is 58.9 Å². The number of hydrogen-bond acceptors (Lipinski definition) is 5. The van der Waals surface area contributed by atoms with E-state index in [1.54, 1.807) is 50.6 Å². The minimum atomic E-state index is -3.63. The van der Waals surface area contributed by atoms with Crippen LogP contribution in [0.4, 0.5) is 5.69 Å². The molecule has 0 bridgehead atoms. The zero-order chi connectivity index (χ0) is 19.7. The van der Waals surface area contributed by atoms with Gasteiger partial charge in [0, 0.05) is 19.6 Å². The smallest absolute Gasteiger partial charge is 0.264 e. The van der Waals surface area contributed by atoms with Crippen LogP contribution in [0.3, 0.4) is 0 Å². The highest BCUT2D eigenvalue weighted by atomic mass is 32.2. The van der Waals surface area contributed by atoms with Crippen LogP contribution in [0.25, 0.3) is 0 Å². The number of anilines is 1. The van der Waals surface area contributed by atoms with E-state index in [4.69, 9.17) is 9.47 Å². The molecule has 7 heteroatoms. The van der Waals surface area contributed by atoms with Crippen molar-refractivity contribution < 1.29 is 17.9 Å². The molecule has 28 heavy (non-hydrogen) atoms. The van der Waals surface area contributed by atoms with Gasteiger partial charge in [-0.15, -0.1) is 0 Å². The number of methoxy groups -OCH3 is 1. The van der Waals surface area contributed by atoms with Crippen molar-refractivity contribution >= 4 is 15.7 Å². The van der Waals surface area contributed by atoms with Gasteiger partial charge in [-0.05, 0) is 61.4 Å². The predicted octanol–water partition coefficient (Wildman–Crippen LogP) is 3.14. The second kappa shape index (κ2) is 7.64. The zero-order valence-corrected chi connectivity index (χ0v) is 17.1. The summed E-state index contributed by atoms with van der Waals surface area (Å²) in [6.45, 7) is 1.82. The van der Waals surface area contributed by atoms with Crippen LogP contribution in [0, 0.1) is 0 Å². The first-order valence-electron chi connectivity index (χ1n) is 9.60. The molecule has 2 fully saturated rings. The average molecular weight is 403 g/mol. The minimum Gasteiger partial charge on any atom is -0.497 e. The fraction of sp³-hybridized carbons (Fsp3) is 0.429. The van der Waals surface area contributed by atoms with Crippen molar-refractivity contribution in [3.63, 3.8) is 0 Å². The van der Waals surface area contributed by atoms with Crippen molar-refractivity contribution in [2.75, 3.05) is 31.6 Å². The molecule has 1 aliphatic carbocycles. The largest absolute Gasteiger partial charge is 0.497 e. The van der Waals surface area contributed by atoms with Gasteiger partial charge in [-0.25, -0.2) is 8.42 Å². The first-order valence-corrected chi connectivity index (χ1v) is 11.0. The lowest BCUT2D eigenvalue weighted by Crippen LogP contribution is -2.29. The third-order valence-corrected chi connectivity index (χ3v) is 7.46. The molecule has 1 heterocycles. The van der Waals surface area contributed by atoms with Gasteiger partial charge in [0.05, 0.1) is 23.7 Å². The number of ether oxygens (including phenoxy) is 2. The van der Waals surface area contributed by atoms with Crippen molar-refractivity contribution in [3.05, 3.63) is 48.5 Å². The van der Waals surface area contributed by atoms with Crippen LogP contribution in [0.15, 0.2) is 53.4 Å². The Kier molecular flexibility index (Phi) is 5.21.